The van der Waals surface area contributed by atoms with Crippen molar-refractivity contribution in [3.63, 3.8) is 0 Å². The van der Waals surface area contributed by atoms with Gasteiger partial charge in [-0.05, 0) is 76.1 Å². The van der Waals surface area contributed by atoms with Crippen LogP contribution >= 0.6 is 0 Å². The summed E-state index contributed by atoms with van der Waals surface area (Å²) >= 11 is 0. The Balaban J connectivity index is 1.36. The molecule has 0 aliphatic carbocycles. The number of fused-ring (bicyclic) bond motifs is 2. The molecule has 0 saturated carbocycles. The second kappa shape index (κ2) is 10.1. The van der Waals surface area contributed by atoms with Crippen LogP contribution in [0.5, 0.6) is 5.75 Å². The minimum atomic E-state index is -0.547. The molecule has 2 fully saturated rings. The first-order chi connectivity index (χ1) is 18.1. The highest BCUT2D eigenvalue weighted by atomic mass is 16.6. The average molecular weight is 502 g/mol. The third-order valence-corrected chi connectivity index (χ3v) is 7.88. The highest BCUT2D eigenvalue weighted by Crippen LogP contribution is 2.34. The summed E-state index contributed by atoms with van der Waals surface area (Å²) < 4.78 is 11.3. The Morgan fingerprint density at radius 2 is 1.68 bits per heavy atom. The molecule has 8 nitrogen and oxygen atoms in total. The van der Waals surface area contributed by atoms with Gasteiger partial charge in [0, 0.05) is 35.0 Å². The van der Waals surface area contributed by atoms with Crippen LogP contribution in [0, 0.1) is 0 Å². The van der Waals surface area contributed by atoms with Gasteiger partial charge in [-0.25, -0.2) is 9.59 Å². The van der Waals surface area contributed by atoms with Gasteiger partial charge in [0.2, 0.25) is 0 Å². The molecule has 4 heterocycles. The number of likely N-dealkylation sites (tertiary alicyclic amines) is 2. The fourth-order valence-electron chi connectivity index (χ4n) is 5.95. The summed E-state index contributed by atoms with van der Waals surface area (Å²) in [6.07, 6.45) is 6.15. The van der Waals surface area contributed by atoms with E-state index in [-0.39, 0.29) is 0 Å². The molecule has 192 valence electrons. The van der Waals surface area contributed by atoms with Crippen molar-refractivity contribution < 1.29 is 13.7 Å². The molecule has 6 rings (SSSR count). The highest BCUT2D eigenvalue weighted by molar-refractivity contribution is 5.97. The molecule has 4 aromatic rings. The van der Waals surface area contributed by atoms with Crippen molar-refractivity contribution in [2.75, 3.05) is 26.2 Å². The lowest BCUT2D eigenvalue weighted by Gasteiger charge is -2.40. The van der Waals surface area contributed by atoms with E-state index in [0.717, 1.165) is 31.3 Å². The SMILES string of the molecule is NOc1ccc2c(-c3cc4ccccc4oc3=O)cc(=O)oc2c1CN1CCC(N2CCCCC2)CC1. The predicted octanol–water partition coefficient (Wildman–Crippen LogP) is 4.27. The van der Waals surface area contributed by atoms with Crippen LogP contribution in [-0.4, -0.2) is 42.0 Å². The lowest BCUT2D eigenvalue weighted by atomic mass is 9.98. The van der Waals surface area contributed by atoms with E-state index in [1.807, 2.05) is 18.2 Å². The molecule has 2 N–H and O–H groups in total. The zero-order chi connectivity index (χ0) is 25.4. The number of hydrogen-bond acceptors (Lipinski definition) is 8. The molecule has 2 saturated heterocycles. The summed E-state index contributed by atoms with van der Waals surface area (Å²) in [7, 11) is 0. The van der Waals surface area contributed by atoms with Crippen LogP contribution in [0.3, 0.4) is 0 Å². The maximum Gasteiger partial charge on any atom is 0.344 e. The molecule has 0 spiro atoms. The van der Waals surface area contributed by atoms with Gasteiger partial charge >= 0.3 is 11.3 Å². The quantitative estimate of drug-likeness (QED) is 0.320. The van der Waals surface area contributed by atoms with Gasteiger partial charge in [-0.15, -0.1) is 0 Å². The topological polar surface area (TPSA) is 102 Å². The Bertz CT molecular complexity index is 1550. The Morgan fingerprint density at radius 3 is 2.46 bits per heavy atom. The van der Waals surface area contributed by atoms with E-state index >= 15 is 0 Å². The normalized spacial score (nSPS) is 18.0. The smallest absolute Gasteiger partial charge is 0.344 e. The van der Waals surface area contributed by atoms with Crippen molar-refractivity contribution in [2.24, 2.45) is 5.90 Å². The number of benzene rings is 2. The lowest BCUT2D eigenvalue weighted by molar-refractivity contribution is 0.0892. The Labute approximate surface area is 214 Å². The Hall–Kier alpha value is -3.46. The summed E-state index contributed by atoms with van der Waals surface area (Å²) in [6.45, 7) is 4.83. The minimum absolute atomic E-state index is 0.311. The van der Waals surface area contributed by atoms with Gasteiger partial charge in [0.15, 0.2) is 5.75 Å². The third-order valence-electron chi connectivity index (χ3n) is 7.88. The highest BCUT2D eigenvalue weighted by Gasteiger charge is 2.27. The summed E-state index contributed by atoms with van der Waals surface area (Å²) in [5.74, 6) is 6.09. The summed E-state index contributed by atoms with van der Waals surface area (Å²) in [6, 6.07) is 14.6. The number of nitrogens with two attached hydrogens (primary N) is 1. The van der Waals surface area contributed by atoms with Crippen LogP contribution < -0.4 is 22.0 Å². The van der Waals surface area contributed by atoms with Gasteiger partial charge in [0.25, 0.3) is 0 Å². The lowest BCUT2D eigenvalue weighted by Crippen LogP contribution is -2.46. The van der Waals surface area contributed by atoms with Gasteiger partial charge in [0.1, 0.15) is 11.2 Å². The molecular weight excluding hydrogens is 470 g/mol. The van der Waals surface area contributed by atoms with E-state index in [1.54, 1.807) is 24.3 Å². The van der Waals surface area contributed by atoms with Gasteiger partial charge in [-0.1, -0.05) is 24.6 Å². The zero-order valence-electron chi connectivity index (χ0n) is 20.8. The number of piperidine rings is 2. The summed E-state index contributed by atoms with van der Waals surface area (Å²) in [5, 5.41) is 1.42. The van der Waals surface area contributed by atoms with Crippen LogP contribution in [0.25, 0.3) is 33.1 Å². The van der Waals surface area contributed by atoms with Gasteiger partial charge < -0.3 is 18.6 Å². The average Bonchev–Trinajstić information content (AvgIpc) is 2.93. The molecule has 0 radical (unpaired) electrons. The van der Waals surface area contributed by atoms with Crippen molar-refractivity contribution in [3.8, 4) is 16.9 Å². The minimum Gasteiger partial charge on any atom is -0.422 e. The van der Waals surface area contributed by atoms with Crippen LogP contribution in [0.4, 0.5) is 0 Å². The number of nitrogens with zero attached hydrogens (tertiary/aromatic N) is 2. The van der Waals surface area contributed by atoms with Crippen molar-refractivity contribution >= 4 is 21.9 Å². The first kappa shape index (κ1) is 23.9. The molecular formula is C29H31N3O5. The standard InChI is InChI=1S/C29H31N3O5/c30-37-26-9-8-21-22(23-16-19-6-2-3-7-25(19)35-29(23)34)17-27(33)36-28(21)24(26)18-31-14-10-20(11-15-31)32-12-4-1-5-13-32/h2-3,6-9,16-17,20H,1,4-5,10-15,18,30H2. The van der Waals surface area contributed by atoms with Crippen LogP contribution in [-0.2, 0) is 6.54 Å². The third kappa shape index (κ3) is 4.68. The van der Waals surface area contributed by atoms with E-state index < -0.39 is 11.3 Å². The number of para-hydroxylation sites is 1. The number of rotatable bonds is 5. The van der Waals surface area contributed by atoms with Crippen LogP contribution in [0.15, 0.2) is 67.0 Å². The molecule has 0 unspecified atom stereocenters. The Kier molecular flexibility index (Phi) is 6.54. The van der Waals surface area contributed by atoms with E-state index in [1.165, 1.54) is 38.4 Å². The van der Waals surface area contributed by atoms with E-state index in [4.69, 9.17) is 19.6 Å². The van der Waals surface area contributed by atoms with Gasteiger partial charge in [0.05, 0.1) is 11.1 Å². The van der Waals surface area contributed by atoms with Crippen LogP contribution in [0.1, 0.15) is 37.7 Å². The van der Waals surface area contributed by atoms with Gasteiger partial charge in [-0.3, -0.25) is 4.90 Å². The van der Waals surface area contributed by atoms with Crippen molar-refractivity contribution in [3.05, 3.63) is 74.9 Å². The molecule has 8 heteroatoms. The predicted molar refractivity (Wildman–Crippen MR) is 143 cm³/mol. The molecule has 0 bridgehead atoms. The fraction of sp³-hybridized carbons (Fsp3) is 0.379. The maximum atomic E-state index is 12.9. The monoisotopic (exact) mass is 501 g/mol. The molecule has 2 aliphatic rings. The Morgan fingerprint density at radius 1 is 0.892 bits per heavy atom. The van der Waals surface area contributed by atoms with Crippen molar-refractivity contribution in [2.45, 2.75) is 44.7 Å². The summed E-state index contributed by atoms with van der Waals surface area (Å²) in [5.41, 5.74) is 1.32. The number of hydrogen-bond donors (Lipinski definition) is 1. The fourth-order valence-corrected chi connectivity index (χ4v) is 5.95. The first-order valence-corrected chi connectivity index (χ1v) is 13.1. The van der Waals surface area contributed by atoms with Gasteiger partial charge in [-0.2, -0.15) is 5.90 Å². The second-order valence-corrected chi connectivity index (χ2v) is 10.1. The maximum absolute atomic E-state index is 12.9. The first-order valence-electron chi connectivity index (χ1n) is 13.1. The van der Waals surface area contributed by atoms with Crippen LogP contribution in [0.2, 0.25) is 0 Å². The zero-order valence-corrected chi connectivity index (χ0v) is 20.8. The van der Waals surface area contributed by atoms with E-state index in [9.17, 15) is 9.59 Å². The van der Waals surface area contributed by atoms with E-state index in [0.29, 0.717) is 51.6 Å². The molecule has 0 amide bonds. The van der Waals surface area contributed by atoms with Crippen molar-refractivity contribution in [1.29, 1.82) is 0 Å². The molecule has 2 aliphatic heterocycles. The molecule has 37 heavy (non-hydrogen) atoms. The summed E-state index contributed by atoms with van der Waals surface area (Å²) in [4.78, 5) is 35.8. The second-order valence-electron chi connectivity index (χ2n) is 10.1. The molecule has 2 aromatic heterocycles. The molecule has 0 atom stereocenters. The molecule has 2 aromatic carbocycles. The largest absolute Gasteiger partial charge is 0.422 e. The van der Waals surface area contributed by atoms with E-state index in [2.05, 4.69) is 9.80 Å². The van der Waals surface area contributed by atoms with Crippen molar-refractivity contribution in [1.82, 2.24) is 9.80 Å².